The maximum atomic E-state index is 9.62. The van der Waals surface area contributed by atoms with E-state index >= 15 is 0 Å². The molecule has 0 saturated heterocycles. The number of nitriles is 2. The van der Waals surface area contributed by atoms with Gasteiger partial charge in [0.25, 0.3) is 0 Å². The number of hydrogen-bond donors (Lipinski definition) is 4. The Bertz CT molecular complexity index is 1050. The summed E-state index contributed by atoms with van der Waals surface area (Å²) >= 11 is 2.17. The first-order valence-corrected chi connectivity index (χ1v) is 10.1. The van der Waals surface area contributed by atoms with Crippen molar-refractivity contribution in [3.63, 3.8) is 0 Å². The summed E-state index contributed by atoms with van der Waals surface area (Å²) in [5.74, 6) is 0.523. The van der Waals surface area contributed by atoms with Gasteiger partial charge in [0.05, 0.1) is 22.4 Å². The lowest BCUT2D eigenvalue weighted by Crippen LogP contribution is -2.06. The Balaban J connectivity index is 2.42. The minimum Gasteiger partial charge on any atom is -0.492 e. The average Bonchev–Trinajstić information content (AvgIpc) is 2.70. The van der Waals surface area contributed by atoms with Gasteiger partial charge in [0.2, 0.25) is 0 Å². The van der Waals surface area contributed by atoms with Crippen LogP contribution < -0.4 is 27.7 Å². The zero-order chi connectivity index (χ0) is 21.4. The molecular weight excluding hydrogens is 404 g/mol. The number of rotatable bonds is 7. The van der Waals surface area contributed by atoms with Crippen LogP contribution >= 0.6 is 23.5 Å². The fourth-order valence-electron chi connectivity index (χ4n) is 2.28. The number of para-hydroxylation sites is 2. The van der Waals surface area contributed by atoms with Crippen molar-refractivity contribution in [2.24, 2.45) is 11.5 Å². The van der Waals surface area contributed by atoms with Crippen LogP contribution in [0.25, 0.3) is 0 Å². The number of anilines is 2. The Kier molecular flexibility index (Phi) is 7.72. The normalized spacial score (nSPS) is 12.2. The predicted molar refractivity (Wildman–Crippen MR) is 118 cm³/mol. The summed E-state index contributed by atoms with van der Waals surface area (Å²) in [6.45, 7) is 2.32. The lowest BCUT2D eigenvalue weighted by Gasteiger charge is -2.12. The maximum absolute atomic E-state index is 9.62. The van der Waals surface area contributed by atoms with Crippen molar-refractivity contribution in [1.82, 2.24) is 0 Å². The van der Waals surface area contributed by atoms with Crippen LogP contribution in [-0.2, 0) is 0 Å². The Morgan fingerprint density at radius 2 is 1.45 bits per heavy atom. The monoisotopic (exact) mass is 424 g/mol. The van der Waals surface area contributed by atoms with Gasteiger partial charge in [-0.3, -0.25) is 0 Å². The molecule has 0 bridgehead atoms. The standard InChI is InChI=1S/C20H20N6OS2/c1-2-27-15-7-5-9-17(18(15)24)29-20(26)13(11-22)12(10-21)19(25)28-16-8-4-3-6-14(16)23/h3-9H,2,23-26H2,1H3/b19-12+,20-13+. The van der Waals surface area contributed by atoms with Gasteiger partial charge in [-0.2, -0.15) is 10.5 Å². The van der Waals surface area contributed by atoms with E-state index in [1.807, 2.05) is 19.1 Å². The van der Waals surface area contributed by atoms with E-state index in [0.717, 1.165) is 23.5 Å². The first-order valence-electron chi connectivity index (χ1n) is 8.44. The highest BCUT2D eigenvalue weighted by Gasteiger charge is 2.17. The van der Waals surface area contributed by atoms with Crippen LogP contribution in [0.3, 0.4) is 0 Å². The topological polar surface area (TPSA) is 161 Å². The third-order valence-corrected chi connectivity index (χ3v) is 5.67. The fraction of sp³-hybridized carbons (Fsp3) is 0.100. The molecule has 0 fully saturated rings. The summed E-state index contributed by atoms with van der Waals surface area (Å²) in [5.41, 5.74) is 25.2. The Morgan fingerprint density at radius 3 is 2.00 bits per heavy atom. The molecule has 0 aliphatic carbocycles. The minimum absolute atomic E-state index is 0.0229. The Morgan fingerprint density at radius 1 is 0.897 bits per heavy atom. The molecular formula is C20H20N6OS2. The second kappa shape index (κ2) is 10.2. The molecule has 7 nitrogen and oxygen atoms in total. The number of nitrogens with zero attached hydrogens (tertiary/aromatic N) is 2. The van der Waals surface area contributed by atoms with Crippen molar-refractivity contribution < 1.29 is 4.74 Å². The first-order chi connectivity index (χ1) is 13.9. The van der Waals surface area contributed by atoms with Crippen LogP contribution in [-0.4, -0.2) is 6.61 Å². The molecule has 0 saturated carbocycles. The molecule has 0 spiro atoms. The summed E-state index contributed by atoms with van der Waals surface area (Å²) in [5, 5.41) is 19.5. The molecule has 0 heterocycles. The zero-order valence-electron chi connectivity index (χ0n) is 15.7. The number of benzene rings is 2. The quantitative estimate of drug-likeness (QED) is 0.225. The van der Waals surface area contributed by atoms with Crippen LogP contribution in [0.15, 0.2) is 73.5 Å². The van der Waals surface area contributed by atoms with E-state index in [9.17, 15) is 10.5 Å². The van der Waals surface area contributed by atoms with Gasteiger partial charge < -0.3 is 27.7 Å². The number of hydrogen-bond acceptors (Lipinski definition) is 9. The van der Waals surface area contributed by atoms with Crippen LogP contribution in [0, 0.1) is 22.7 Å². The van der Waals surface area contributed by atoms with Gasteiger partial charge in [-0.05, 0) is 31.2 Å². The lowest BCUT2D eigenvalue weighted by molar-refractivity contribution is 0.341. The highest BCUT2D eigenvalue weighted by molar-refractivity contribution is 8.03. The molecule has 0 aromatic heterocycles. The fourth-order valence-corrected chi connectivity index (χ4v) is 3.94. The molecule has 0 unspecified atom stereocenters. The Hall–Kier alpha value is -3.40. The number of nitrogens with two attached hydrogens (primary N) is 4. The molecule has 2 rings (SSSR count). The second-order valence-electron chi connectivity index (χ2n) is 5.55. The van der Waals surface area contributed by atoms with Gasteiger partial charge >= 0.3 is 0 Å². The largest absolute Gasteiger partial charge is 0.492 e. The molecule has 0 aliphatic heterocycles. The van der Waals surface area contributed by atoms with Crippen LogP contribution in [0.1, 0.15) is 6.92 Å². The molecule has 2 aromatic rings. The van der Waals surface area contributed by atoms with E-state index < -0.39 is 0 Å². The summed E-state index contributed by atoms with van der Waals surface area (Å²) in [6.07, 6.45) is 0. The van der Waals surface area contributed by atoms with E-state index in [4.69, 9.17) is 27.7 Å². The van der Waals surface area contributed by atoms with Crippen LogP contribution in [0.2, 0.25) is 0 Å². The zero-order valence-corrected chi connectivity index (χ0v) is 17.3. The molecule has 0 radical (unpaired) electrons. The number of allylic oxidation sites excluding steroid dienone is 2. The van der Waals surface area contributed by atoms with E-state index in [2.05, 4.69) is 0 Å². The maximum Gasteiger partial charge on any atom is 0.143 e. The number of ether oxygens (including phenoxy) is 1. The van der Waals surface area contributed by atoms with Gasteiger partial charge in [0.1, 0.15) is 29.0 Å². The lowest BCUT2D eigenvalue weighted by atomic mass is 10.1. The molecule has 0 aliphatic rings. The molecule has 0 atom stereocenters. The van der Waals surface area contributed by atoms with Gasteiger partial charge in [0, 0.05) is 15.5 Å². The Labute approximate surface area is 178 Å². The predicted octanol–water partition coefficient (Wildman–Crippen LogP) is 3.52. The molecule has 2 aromatic carbocycles. The third-order valence-electron chi connectivity index (χ3n) is 3.65. The number of nitrogen functional groups attached to an aromatic ring is 2. The van der Waals surface area contributed by atoms with Crippen molar-refractivity contribution >= 4 is 34.9 Å². The van der Waals surface area contributed by atoms with Crippen LogP contribution in [0.4, 0.5) is 11.4 Å². The summed E-state index contributed by atoms with van der Waals surface area (Å²) in [4.78, 5) is 1.28. The molecule has 29 heavy (non-hydrogen) atoms. The van der Waals surface area contributed by atoms with E-state index in [-0.39, 0.29) is 21.2 Å². The summed E-state index contributed by atoms with van der Waals surface area (Å²) in [7, 11) is 0. The highest BCUT2D eigenvalue weighted by Crippen LogP contribution is 2.38. The SMILES string of the molecule is CCOc1cccc(S/C(N)=C(C#N)/C(C#N)=C(\N)Sc2ccccc2N)c1N. The first kappa shape index (κ1) is 21.9. The van der Waals surface area contributed by atoms with Crippen molar-refractivity contribution in [2.75, 3.05) is 18.1 Å². The number of thioether (sulfide) groups is 2. The van der Waals surface area contributed by atoms with Crippen molar-refractivity contribution in [3.05, 3.63) is 63.7 Å². The van der Waals surface area contributed by atoms with E-state index in [1.165, 1.54) is 0 Å². The van der Waals surface area contributed by atoms with Gasteiger partial charge in [0.15, 0.2) is 0 Å². The van der Waals surface area contributed by atoms with Crippen molar-refractivity contribution in [1.29, 1.82) is 10.5 Å². The van der Waals surface area contributed by atoms with E-state index in [0.29, 0.717) is 33.5 Å². The van der Waals surface area contributed by atoms with Gasteiger partial charge in [-0.15, -0.1) is 0 Å². The summed E-state index contributed by atoms with van der Waals surface area (Å²) in [6, 6.07) is 16.3. The smallest absolute Gasteiger partial charge is 0.143 e. The van der Waals surface area contributed by atoms with Crippen molar-refractivity contribution in [3.8, 4) is 17.9 Å². The molecule has 8 N–H and O–H groups in total. The average molecular weight is 425 g/mol. The second-order valence-corrected chi connectivity index (χ2v) is 7.71. The van der Waals surface area contributed by atoms with Crippen LogP contribution in [0.5, 0.6) is 5.75 Å². The molecule has 9 heteroatoms. The molecule has 0 amide bonds. The minimum atomic E-state index is -0.0294. The summed E-state index contributed by atoms with van der Waals surface area (Å²) < 4.78 is 5.47. The van der Waals surface area contributed by atoms with E-state index in [1.54, 1.807) is 42.5 Å². The molecule has 148 valence electrons. The highest BCUT2D eigenvalue weighted by atomic mass is 32.2. The van der Waals surface area contributed by atoms with Gasteiger partial charge in [-0.25, -0.2) is 0 Å². The van der Waals surface area contributed by atoms with Gasteiger partial charge in [-0.1, -0.05) is 41.7 Å². The third kappa shape index (κ3) is 5.32. The van der Waals surface area contributed by atoms with Crippen molar-refractivity contribution in [2.45, 2.75) is 16.7 Å².